The van der Waals surface area contributed by atoms with Gasteiger partial charge in [-0.05, 0) is 63.3 Å². The molecular formula is C19H20N2O2S. The molecule has 4 nitrogen and oxygen atoms in total. The molecule has 0 bridgehead atoms. The summed E-state index contributed by atoms with van der Waals surface area (Å²) in [6.07, 6.45) is 2.24. The van der Waals surface area contributed by atoms with Crippen molar-refractivity contribution >= 4 is 29.1 Å². The molecule has 0 amide bonds. The minimum Gasteiger partial charge on any atom is -0.478 e. The van der Waals surface area contributed by atoms with E-state index in [4.69, 9.17) is 0 Å². The third-order valence-electron chi connectivity index (χ3n) is 4.86. The molecule has 1 fully saturated rings. The van der Waals surface area contributed by atoms with E-state index in [1.54, 1.807) is 23.9 Å². The molecule has 5 heteroatoms. The lowest BCUT2D eigenvalue weighted by atomic mass is 10.0. The molecule has 2 heterocycles. The molecular weight excluding hydrogens is 320 g/mol. The van der Waals surface area contributed by atoms with Crippen molar-refractivity contribution in [2.75, 3.05) is 25.0 Å². The van der Waals surface area contributed by atoms with Gasteiger partial charge in [-0.15, -0.1) is 0 Å². The number of carbonyl (C=O) groups is 1. The van der Waals surface area contributed by atoms with E-state index >= 15 is 0 Å². The van der Waals surface area contributed by atoms with Gasteiger partial charge in [-0.2, -0.15) is 0 Å². The summed E-state index contributed by atoms with van der Waals surface area (Å²) in [6.45, 7) is 2.19. The van der Waals surface area contributed by atoms with Crippen molar-refractivity contribution in [2.45, 2.75) is 28.7 Å². The Hall–Kier alpha value is -1.98. The van der Waals surface area contributed by atoms with Crippen molar-refractivity contribution in [3.63, 3.8) is 0 Å². The number of fused-ring (bicyclic) bond motifs is 2. The van der Waals surface area contributed by atoms with Crippen LogP contribution in [-0.2, 0) is 0 Å². The Balaban J connectivity index is 1.79. The van der Waals surface area contributed by atoms with Gasteiger partial charge in [-0.25, -0.2) is 4.79 Å². The first kappa shape index (κ1) is 15.5. The van der Waals surface area contributed by atoms with Gasteiger partial charge in [0.25, 0.3) is 0 Å². The van der Waals surface area contributed by atoms with Crippen LogP contribution in [0, 0.1) is 0 Å². The molecule has 124 valence electrons. The maximum Gasteiger partial charge on any atom is 0.335 e. The molecule has 0 aromatic heterocycles. The van der Waals surface area contributed by atoms with E-state index < -0.39 is 5.97 Å². The molecule has 2 aliphatic heterocycles. The lowest BCUT2D eigenvalue weighted by molar-refractivity contribution is 0.0696. The fraction of sp³-hybridized carbons (Fsp3) is 0.316. The molecule has 0 unspecified atom stereocenters. The Morgan fingerprint density at radius 3 is 2.54 bits per heavy atom. The van der Waals surface area contributed by atoms with Crippen molar-refractivity contribution < 1.29 is 9.90 Å². The average Bonchev–Trinajstić information content (AvgIpc) is 2.60. The summed E-state index contributed by atoms with van der Waals surface area (Å²) in [7, 11) is 2.17. The number of hydrogen-bond donors (Lipinski definition) is 1. The molecule has 0 radical (unpaired) electrons. The highest BCUT2D eigenvalue weighted by Crippen LogP contribution is 2.50. The molecule has 0 atom stereocenters. The zero-order chi connectivity index (χ0) is 16.7. The molecule has 2 aromatic carbocycles. The Morgan fingerprint density at radius 1 is 1.08 bits per heavy atom. The van der Waals surface area contributed by atoms with E-state index in [1.165, 1.54) is 10.6 Å². The summed E-state index contributed by atoms with van der Waals surface area (Å²) >= 11 is 1.67. The van der Waals surface area contributed by atoms with Crippen molar-refractivity contribution in [1.82, 2.24) is 4.90 Å². The minimum atomic E-state index is -0.872. The van der Waals surface area contributed by atoms with Crippen LogP contribution in [0.3, 0.4) is 0 Å². The van der Waals surface area contributed by atoms with E-state index in [-0.39, 0.29) is 0 Å². The summed E-state index contributed by atoms with van der Waals surface area (Å²) in [4.78, 5) is 18.4. The molecule has 4 rings (SSSR count). The van der Waals surface area contributed by atoms with Gasteiger partial charge in [0.2, 0.25) is 0 Å². The van der Waals surface area contributed by atoms with Crippen molar-refractivity contribution in [2.24, 2.45) is 0 Å². The van der Waals surface area contributed by atoms with Gasteiger partial charge in [-0.3, -0.25) is 0 Å². The first-order valence-corrected chi connectivity index (χ1v) is 9.07. The highest BCUT2D eigenvalue weighted by atomic mass is 32.2. The van der Waals surface area contributed by atoms with Crippen LogP contribution in [0.15, 0.2) is 52.3 Å². The smallest absolute Gasteiger partial charge is 0.335 e. The van der Waals surface area contributed by atoms with Crippen LogP contribution in [0.1, 0.15) is 23.2 Å². The first-order chi connectivity index (χ1) is 11.6. The summed E-state index contributed by atoms with van der Waals surface area (Å²) in [5, 5.41) is 9.30. The van der Waals surface area contributed by atoms with Gasteiger partial charge >= 0.3 is 5.97 Å². The summed E-state index contributed by atoms with van der Waals surface area (Å²) in [6, 6.07) is 14.4. The number of aromatic carboxylic acids is 1. The highest BCUT2D eigenvalue weighted by molar-refractivity contribution is 7.99. The van der Waals surface area contributed by atoms with Crippen molar-refractivity contribution in [3.05, 3.63) is 48.0 Å². The third kappa shape index (κ3) is 2.68. The Bertz CT molecular complexity index is 785. The van der Waals surface area contributed by atoms with Gasteiger partial charge in [-0.1, -0.05) is 23.9 Å². The zero-order valence-electron chi connectivity index (χ0n) is 13.6. The van der Waals surface area contributed by atoms with Crippen LogP contribution in [0.4, 0.5) is 11.4 Å². The number of piperidine rings is 1. The van der Waals surface area contributed by atoms with Crippen molar-refractivity contribution in [3.8, 4) is 0 Å². The average molecular weight is 340 g/mol. The SMILES string of the molecule is CN1CCC(N2c3ccccc3Sc3cc(C(=O)O)ccc32)CC1. The molecule has 0 aliphatic carbocycles. The number of para-hydroxylation sites is 1. The molecule has 2 aliphatic rings. The van der Waals surface area contributed by atoms with Gasteiger partial charge in [0.05, 0.1) is 16.9 Å². The summed E-state index contributed by atoms with van der Waals surface area (Å²) < 4.78 is 0. The summed E-state index contributed by atoms with van der Waals surface area (Å²) in [5.74, 6) is -0.872. The second kappa shape index (κ2) is 6.15. The number of hydrogen-bond acceptors (Lipinski definition) is 4. The lowest BCUT2D eigenvalue weighted by Gasteiger charge is -2.42. The van der Waals surface area contributed by atoms with E-state index in [1.807, 2.05) is 12.1 Å². The molecule has 2 aromatic rings. The van der Waals surface area contributed by atoms with Gasteiger partial charge in [0, 0.05) is 15.8 Å². The fourth-order valence-electron chi connectivity index (χ4n) is 3.57. The predicted molar refractivity (Wildman–Crippen MR) is 96.6 cm³/mol. The van der Waals surface area contributed by atoms with Crippen LogP contribution in [0.25, 0.3) is 0 Å². The van der Waals surface area contributed by atoms with E-state index in [0.717, 1.165) is 36.5 Å². The molecule has 1 saturated heterocycles. The second-order valence-electron chi connectivity index (χ2n) is 6.46. The van der Waals surface area contributed by atoms with E-state index in [9.17, 15) is 9.90 Å². The Morgan fingerprint density at radius 2 is 1.79 bits per heavy atom. The van der Waals surface area contributed by atoms with Gasteiger partial charge in [0.1, 0.15) is 0 Å². The summed E-state index contributed by atoms with van der Waals surface area (Å²) in [5.41, 5.74) is 2.73. The Kier molecular flexibility index (Phi) is 3.98. The predicted octanol–water partition coefficient (Wildman–Crippen LogP) is 4.08. The van der Waals surface area contributed by atoms with Crippen LogP contribution in [-0.4, -0.2) is 42.2 Å². The van der Waals surface area contributed by atoms with Crippen molar-refractivity contribution in [1.29, 1.82) is 0 Å². The minimum absolute atomic E-state index is 0.351. The lowest BCUT2D eigenvalue weighted by Crippen LogP contribution is -2.42. The van der Waals surface area contributed by atoms with Crippen LogP contribution in [0.2, 0.25) is 0 Å². The number of nitrogens with zero attached hydrogens (tertiary/aromatic N) is 2. The third-order valence-corrected chi connectivity index (χ3v) is 5.98. The van der Waals surface area contributed by atoms with Crippen LogP contribution >= 0.6 is 11.8 Å². The monoisotopic (exact) mass is 340 g/mol. The number of carboxylic acid groups (broad SMARTS) is 1. The number of anilines is 2. The number of carboxylic acids is 1. The molecule has 24 heavy (non-hydrogen) atoms. The second-order valence-corrected chi connectivity index (χ2v) is 7.55. The largest absolute Gasteiger partial charge is 0.478 e. The zero-order valence-corrected chi connectivity index (χ0v) is 14.4. The highest BCUT2D eigenvalue weighted by Gasteiger charge is 2.31. The normalized spacial score (nSPS) is 18.1. The van der Waals surface area contributed by atoms with Gasteiger partial charge < -0.3 is 14.9 Å². The van der Waals surface area contributed by atoms with Crippen LogP contribution in [0.5, 0.6) is 0 Å². The van der Waals surface area contributed by atoms with Gasteiger partial charge in [0.15, 0.2) is 0 Å². The maximum absolute atomic E-state index is 11.3. The fourth-order valence-corrected chi connectivity index (χ4v) is 4.68. The Labute approximate surface area is 146 Å². The van der Waals surface area contributed by atoms with Crippen LogP contribution < -0.4 is 4.90 Å². The maximum atomic E-state index is 11.3. The number of likely N-dealkylation sites (tertiary alicyclic amines) is 1. The number of rotatable bonds is 2. The first-order valence-electron chi connectivity index (χ1n) is 8.25. The number of benzene rings is 2. The molecule has 0 spiro atoms. The van der Waals surface area contributed by atoms with E-state index in [0.29, 0.717) is 11.6 Å². The quantitative estimate of drug-likeness (QED) is 0.892. The molecule has 1 N–H and O–H groups in total. The topological polar surface area (TPSA) is 43.8 Å². The molecule has 0 saturated carbocycles. The van der Waals surface area contributed by atoms with E-state index in [2.05, 4.69) is 35.0 Å². The standard InChI is InChI=1S/C19H20N2O2S/c1-20-10-8-14(9-11-20)21-15-4-2-3-5-17(15)24-18-12-13(19(22)23)6-7-16(18)21/h2-7,12,14H,8-11H2,1H3,(H,22,23).